The summed E-state index contributed by atoms with van der Waals surface area (Å²) in [6.45, 7) is 0. The van der Waals surface area contributed by atoms with Crippen molar-refractivity contribution in [3.05, 3.63) is 45.8 Å². The van der Waals surface area contributed by atoms with E-state index >= 15 is 0 Å². The molecule has 0 fully saturated rings. The first-order valence-corrected chi connectivity index (χ1v) is 3.88. The Labute approximate surface area is 84.1 Å². The van der Waals surface area contributed by atoms with Crippen LogP contribution in [0.2, 0.25) is 0 Å². The van der Waals surface area contributed by atoms with E-state index in [1.807, 2.05) is 0 Å². The number of aldehydes is 1. The standard InChI is InChI=1S/C9H6FN3O2/c10-8-2-1-6(3-7(15)5-14)4-9(8)12-13-11/h1-5,15H/b7-3-. The van der Waals surface area contributed by atoms with Gasteiger partial charge in [0.25, 0.3) is 0 Å². The van der Waals surface area contributed by atoms with Gasteiger partial charge in [-0.05, 0) is 29.3 Å². The van der Waals surface area contributed by atoms with Crippen molar-refractivity contribution in [2.24, 2.45) is 5.11 Å². The summed E-state index contributed by atoms with van der Waals surface area (Å²) in [4.78, 5) is 12.6. The number of benzene rings is 1. The van der Waals surface area contributed by atoms with E-state index in [4.69, 9.17) is 10.6 Å². The number of hydrogen-bond acceptors (Lipinski definition) is 3. The summed E-state index contributed by atoms with van der Waals surface area (Å²) in [5.41, 5.74) is 8.31. The van der Waals surface area contributed by atoms with Crippen LogP contribution in [0, 0.1) is 5.82 Å². The molecule has 0 bridgehead atoms. The molecule has 0 aliphatic carbocycles. The van der Waals surface area contributed by atoms with Crippen LogP contribution in [0.1, 0.15) is 5.56 Å². The van der Waals surface area contributed by atoms with Crippen molar-refractivity contribution in [2.75, 3.05) is 0 Å². The van der Waals surface area contributed by atoms with Gasteiger partial charge in [0.15, 0.2) is 12.0 Å². The minimum atomic E-state index is -0.671. The van der Waals surface area contributed by atoms with Gasteiger partial charge in [0.2, 0.25) is 0 Å². The number of carbonyl (C=O) groups is 1. The molecule has 0 radical (unpaired) electrons. The molecule has 1 N–H and O–H groups in total. The fraction of sp³-hybridized carbons (Fsp3) is 0. The van der Waals surface area contributed by atoms with Gasteiger partial charge in [-0.2, -0.15) is 0 Å². The molecule has 0 aromatic heterocycles. The molecule has 0 unspecified atom stereocenters. The molecule has 15 heavy (non-hydrogen) atoms. The Bertz CT molecular complexity index is 464. The number of aliphatic hydroxyl groups is 1. The molecule has 0 amide bonds. The topological polar surface area (TPSA) is 86.1 Å². The highest BCUT2D eigenvalue weighted by Crippen LogP contribution is 2.20. The third-order valence-corrected chi connectivity index (χ3v) is 1.56. The van der Waals surface area contributed by atoms with E-state index < -0.39 is 11.6 Å². The maximum absolute atomic E-state index is 13.0. The number of hydrogen-bond donors (Lipinski definition) is 1. The van der Waals surface area contributed by atoms with Crippen LogP contribution in [0.15, 0.2) is 29.1 Å². The monoisotopic (exact) mass is 207 g/mol. The predicted octanol–water partition coefficient (Wildman–Crippen LogP) is 2.87. The van der Waals surface area contributed by atoms with E-state index in [9.17, 15) is 9.18 Å². The van der Waals surface area contributed by atoms with Gasteiger partial charge in [0, 0.05) is 4.91 Å². The maximum atomic E-state index is 13.0. The molecule has 1 rings (SSSR count). The van der Waals surface area contributed by atoms with Gasteiger partial charge in [-0.3, -0.25) is 4.79 Å². The molecule has 0 heterocycles. The zero-order valence-electron chi connectivity index (χ0n) is 7.46. The quantitative estimate of drug-likeness (QED) is 0.206. The summed E-state index contributed by atoms with van der Waals surface area (Å²) in [5.74, 6) is -1.16. The molecule has 1 aromatic rings. The SMILES string of the molecule is [N-]=[N+]=Nc1cc(/C=C(\O)C=O)ccc1F. The molecular weight excluding hydrogens is 201 g/mol. The van der Waals surface area contributed by atoms with Gasteiger partial charge in [-0.1, -0.05) is 11.2 Å². The molecule has 5 nitrogen and oxygen atoms in total. The Hall–Kier alpha value is -2.33. The van der Waals surface area contributed by atoms with Crippen molar-refractivity contribution in [1.82, 2.24) is 0 Å². The molecule has 6 heteroatoms. The third-order valence-electron chi connectivity index (χ3n) is 1.56. The van der Waals surface area contributed by atoms with Gasteiger partial charge in [-0.15, -0.1) is 0 Å². The van der Waals surface area contributed by atoms with Crippen LogP contribution in [-0.4, -0.2) is 11.4 Å². The minimum Gasteiger partial charge on any atom is -0.505 e. The van der Waals surface area contributed by atoms with Gasteiger partial charge in [0.05, 0.1) is 5.69 Å². The lowest BCUT2D eigenvalue weighted by Crippen LogP contribution is -1.83. The molecule has 0 spiro atoms. The average molecular weight is 207 g/mol. The second-order valence-corrected chi connectivity index (χ2v) is 2.59. The van der Waals surface area contributed by atoms with Crippen LogP contribution in [0.3, 0.4) is 0 Å². The minimum absolute atomic E-state index is 0.190. The highest BCUT2D eigenvalue weighted by Gasteiger charge is 2.00. The number of rotatable bonds is 3. The van der Waals surface area contributed by atoms with Gasteiger partial charge >= 0.3 is 0 Å². The number of carbonyl (C=O) groups excluding carboxylic acids is 1. The molecule has 1 aromatic carbocycles. The van der Waals surface area contributed by atoms with Crippen molar-refractivity contribution >= 4 is 18.0 Å². The van der Waals surface area contributed by atoms with Crippen molar-refractivity contribution in [1.29, 1.82) is 0 Å². The van der Waals surface area contributed by atoms with Crippen LogP contribution >= 0.6 is 0 Å². The first-order chi connectivity index (χ1) is 7.17. The number of halogens is 1. The van der Waals surface area contributed by atoms with E-state index in [2.05, 4.69) is 10.0 Å². The zero-order chi connectivity index (χ0) is 11.3. The Morgan fingerprint density at radius 3 is 2.93 bits per heavy atom. The van der Waals surface area contributed by atoms with Crippen LogP contribution < -0.4 is 0 Å². The fourth-order valence-corrected chi connectivity index (χ4v) is 0.949. The summed E-state index contributed by atoms with van der Waals surface area (Å²) in [5, 5.41) is 12.0. The van der Waals surface area contributed by atoms with Crippen LogP contribution in [0.4, 0.5) is 10.1 Å². The lowest BCUT2D eigenvalue weighted by molar-refractivity contribution is -0.106. The molecular formula is C9H6FN3O2. The highest BCUT2D eigenvalue weighted by molar-refractivity contribution is 5.78. The number of nitrogens with zero attached hydrogens (tertiary/aromatic N) is 3. The molecule has 0 saturated carbocycles. The van der Waals surface area contributed by atoms with Crippen LogP contribution in [0.25, 0.3) is 16.5 Å². The van der Waals surface area contributed by atoms with E-state index in [0.717, 1.165) is 12.1 Å². The second kappa shape index (κ2) is 4.78. The summed E-state index contributed by atoms with van der Waals surface area (Å²) in [6, 6.07) is 3.63. The Kier molecular flexibility index (Phi) is 3.43. The summed E-state index contributed by atoms with van der Waals surface area (Å²) < 4.78 is 13.0. The second-order valence-electron chi connectivity index (χ2n) is 2.59. The molecule has 76 valence electrons. The summed E-state index contributed by atoms with van der Waals surface area (Å²) >= 11 is 0. The first kappa shape index (κ1) is 10.7. The molecule has 0 saturated heterocycles. The Morgan fingerprint density at radius 1 is 1.60 bits per heavy atom. The number of allylic oxidation sites excluding steroid dienone is 1. The van der Waals surface area contributed by atoms with E-state index in [1.54, 1.807) is 0 Å². The number of azide groups is 1. The third kappa shape index (κ3) is 2.82. The maximum Gasteiger partial charge on any atom is 0.184 e. The van der Waals surface area contributed by atoms with Crippen molar-refractivity contribution in [3.8, 4) is 0 Å². The smallest absolute Gasteiger partial charge is 0.184 e. The highest BCUT2D eigenvalue weighted by atomic mass is 19.1. The van der Waals surface area contributed by atoms with Crippen LogP contribution in [-0.2, 0) is 4.79 Å². The van der Waals surface area contributed by atoms with Crippen LogP contribution in [0.5, 0.6) is 0 Å². The molecule has 0 aliphatic heterocycles. The van der Waals surface area contributed by atoms with Gasteiger partial charge < -0.3 is 5.11 Å². The Balaban J connectivity index is 3.18. The van der Waals surface area contributed by atoms with Crippen molar-refractivity contribution < 1.29 is 14.3 Å². The number of aliphatic hydroxyl groups excluding tert-OH is 1. The zero-order valence-corrected chi connectivity index (χ0v) is 7.46. The fourth-order valence-electron chi connectivity index (χ4n) is 0.949. The largest absolute Gasteiger partial charge is 0.505 e. The van der Waals surface area contributed by atoms with E-state index in [-0.39, 0.29) is 12.0 Å². The van der Waals surface area contributed by atoms with Gasteiger partial charge in [0.1, 0.15) is 5.82 Å². The lowest BCUT2D eigenvalue weighted by Gasteiger charge is -1.97. The van der Waals surface area contributed by atoms with Gasteiger partial charge in [-0.25, -0.2) is 4.39 Å². The lowest BCUT2D eigenvalue weighted by atomic mass is 10.2. The van der Waals surface area contributed by atoms with Crippen molar-refractivity contribution in [3.63, 3.8) is 0 Å². The first-order valence-electron chi connectivity index (χ1n) is 3.88. The van der Waals surface area contributed by atoms with E-state index in [0.29, 0.717) is 5.56 Å². The van der Waals surface area contributed by atoms with E-state index in [1.165, 1.54) is 12.1 Å². The molecule has 0 atom stereocenters. The predicted molar refractivity (Wildman–Crippen MR) is 51.9 cm³/mol. The van der Waals surface area contributed by atoms with Crippen molar-refractivity contribution in [2.45, 2.75) is 0 Å². The summed E-state index contributed by atoms with van der Waals surface area (Å²) in [7, 11) is 0. The average Bonchev–Trinajstić information content (AvgIpc) is 2.23. The Morgan fingerprint density at radius 2 is 2.33 bits per heavy atom. The molecule has 0 aliphatic rings. The summed E-state index contributed by atoms with van der Waals surface area (Å²) in [6.07, 6.45) is 1.37. The normalized spacial score (nSPS) is 10.6.